The first-order valence-electron chi connectivity index (χ1n) is 5.65. The molecule has 0 aliphatic carbocycles. The first-order valence-corrected chi connectivity index (χ1v) is 5.65. The molecule has 0 aromatic carbocycles. The molecular formula is C14H25N. The van der Waals surface area contributed by atoms with Crippen LogP contribution in [0.15, 0.2) is 36.1 Å². The van der Waals surface area contributed by atoms with Crippen LogP contribution < -0.4 is 5.32 Å². The Balaban J connectivity index is 4.79. The molecule has 0 unspecified atom stereocenters. The largest absolute Gasteiger partial charge is 0.388 e. The Bertz CT molecular complexity index is 257. The molecule has 0 aliphatic rings. The van der Waals surface area contributed by atoms with Crippen molar-refractivity contribution < 1.29 is 0 Å². The van der Waals surface area contributed by atoms with Gasteiger partial charge in [-0.1, -0.05) is 46.9 Å². The van der Waals surface area contributed by atoms with E-state index in [1.54, 1.807) is 0 Å². The lowest BCUT2D eigenvalue weighted by Crippen LogP contribution is -2.10. The second kappa shape index (κ2) is 6.49. The van der Waals surface area contributed by atoms with Crippen LogP contribution in [0, 0.1) is 11.8 Å². The van der Waals surface area contributed by atoms with Crippen LogP contribution in [0.3, 0.4) is 0 Å². The molecule has 0 aliphatic heterocycles. The van der Waals surface area contributed by atoms with Crippen molar-refractivity contribution in [3.05, 3.63) is 36.1 Å². The Morgan fingerprint density at radius 3 is 2.07 bits per heavy atom. The smallest absolute Gasteiger partial charge is 0.0337 e. The first-order chi connectivity index (χ1) is 6.88. The van der Waals surface area contributed by atoms with Gasteiger partial charge in [-0.2, -0.15) is 0 Å². The van der Waals surface area contributed by atoms with E-state index >= 15 is 0 Å². The Kier molecular flexibility index (Phi) is 6.07. The molecule has 0 heterocycles. The standard InChI is InChI=1S/C14H25N/c1-10(2)8-12(5)14(9-11(3)4)13(6)15-7/h9-11,15H,5-6,8H2,1-4,7H3/b14-9-. The molecule has 0 fully saturated rings. The highest BCUT2D eigenvalue weighted by molar-refractivity contribution is 5.43. The second-order valence-corrected chi connectivity index (χ2v) is 4.75. The summed E-state index contributed by atoms with van der Waals surface area (Å²) in [6, 6.07) is 0. The number of hydrogen-bond acceptors (Lipinski definition) is 1. The summed E-state index contributed by atoms with van der Waals surface area (Å²) < 4.78 is 0. The molecule has 0 aromatic heterocycles. The molecule has 15 heavy (non-hydrogen) atoms. The fraction of sp³-hybridized carbons (Fsp3) is 0.571. The van der Waals surface area contributed by atoms with Gasteiger partial charge in [-0.05, 0) is 29.4 Å². The highest BCUT2D eigenvalue weighted by atomic mass is 14.8. The van der Waals surface area contributed by atoms with Gasteiger partial charge in [0.2, 0.25) is 0 Å². The van der Waals surface area contributed by atoms with Gasteiger partial charge in [-0.15, -0.1) is 0 Å². The van der Waals surface area contributed by atoms with Crippen molar-refractivity contribution in [3.8, 4) is 0 Å². The van der Waals surface area contributed by atoms with E-state index in [2.05, 4.69) is 52.2 Å². The molecule has 0 atom stereocenters. The molecule has 0 spiro atoms. The zero-order valence-corrected chi connectivity index (χ0v) is 10.9. The van der Waals surface area contributed by atoms with Crippen molar-refractivity contribution in [1.82, 2.24) is 5.32 Å². The summed E-state index contributed by atoms with van der Waals surface area (Å²) in [5.41, 5.74) is 3.33. The molecule has 1 N–H and O–H groups in total. The highest BCUT2D eigenvalue weighted by Gasteiger charge is 2.08. The van der Waals surface area contributed by atoms with Gasteiger partial charge in [0.05, 0.1) is 0 Å². The average molecular weight is 207 g/mol. The summed E-state index contributed by atoms with van der Waals surface area (Å²) in [6.45, 7) is 16.9. The topological polar surface area (TPSA) is 12.0 Å². The van der Waals surface area contributed by atoms with Crippen LogP contribution in [-0.2, 0) is 0 Å². The Morgan fingerprint density at radius 1 is 1.20 bits per heavy atom. The third-order valence-corrected chi connectivity index (χ3v) is 2.16. The van der Waals surface area contributed by atoms with Gasteiger partial charge in [0, 0.05) is 12.7 Å². The van der Waals surface area contributed by atoms with Crippen LogP contribution in [0.1, 0.15) is 34.1 Å². The lowest BCUT2D eigenvalue weighted by Gasteiger charge is -2.16. The van der Waals surface area contributed by atoms with Crippen molar-refractivity contribution in [2.75, 3.05) is 7.05 Å². The zero-order valence-electron chi connectivity index (χ0n) is 10.9. The van der Waals surface area contributed by atoms with Gasteiger partial charge in [-0.3, -0.25) is 0 Å². The minimum Gasteiger partial charge on any atom is -0.388 e. The van der Waals surface area contributed by atoms with E-state index < -0.39 is 0 Å². The van der Waals surface area contributed by atoms with Crippen LogP contribution in [0.2, 0.25) is 0 Å². The van der Waals surface area contributed by atoms with Crippen molar-refractivity contribution in [2.45, 2.75) is 34.1 Å². The van der Waals surface area contributed by atoms with Crippen LogP contribution in [0.5, 0.6) is 0 Å². The van der Waals surface area contributed by atoms with Crippen LogP contribution in [-0.4, -0.2) is 7.05 Å². The molecule has 0 saturated heterocycles. The molecule has 0 amide bonds. The Morgan fingerprint density at radius 2 is 1.73 bits per heavy atom. The summed E-state index contributed by atoms with van der Waals surface area (Å²) >= 11 is 0. The summed E-state index contributed by atoms with van der Waals surface area (Å²) in [5.74, 6) is 1.16. The van der Waals surface area contributed by atoms with Gasteiger partial charge in [0.25, 0.3) is 0 Å². The van der Waals surface area contributed by atoms with Gasteiger partial charge in [0.1, 0.15) is 0 Å². The quantitative estimate of drug-likeness (QED) is 0.651. The van der Waals surface area contributed by atoms with E-state index in [4.69, 9.17) is 0 Å². The van der Waals surface area contributed by atoms with Crippen molar-refractivity contribution in [3.63, 3.8) is 0 Å². The third-order valence-electron chi connectivity index (χ3n) is 2.16. The van der Waals surface area contributed by atoms with E-state index in [9.17, 15) is 0 Å². The lowest BCUT2D eigenvalue weighted by atomic mass is 9.94. The number of allylic oxidation sites excluding steroid dienone is 2. The summed E-state index contributed by atoms with van der Waals surface area (Å²) in [6.07, 6.45) is 3.25. The average Bonchev–Trinajstić information content (AvgIpc) is 2.11. The van der Waals surface area contributed by atoms with Gasteiger partial charge >= 0.3 is 0 Å². The maximum Gasteiger partial charge on any atom is 0.0337 e. The van der Waals surface area contributed by atoms with Crippen LogP contribution in [0.4, 0.5) is 0 Å². The Labute approximate surface area is 95.0 Å². The minimum absolute atomic E-state index is 0.522. The lowest BCUT2D eigenvalue weighted by molar-refractivity contribution is 0.645. The monoisotopic (exact) mass is 207 g/mol. The number of hydrogen-bond donors (Lipinski definition) is 1. The van der Waals surface area contributed by atoms with Gasteiger partial charge in [0.15, 0.2) is 0 Å². The minimum atomic E-state index is 0.522. The molecule has 1 nitrogen and oxygen atoms in total. The predicted molar refractivity (Wildman–Crippen MR) is 69.7 cm³/mol. The summed E-state index contributed by atoms with van der Waals surface area (Å²) in [7, 11) is 1.90. The van der Waals surface area contributed by atoms with Gasteiger partial charge < -0.3 is 5.32 Å². The molecule has 0 bridgehead atoms. The summed E-state index contributed by atoms with van der Waals surface area (Å²) in [4.78, 5) is 0. The zero-order chi connectivity index (χ0) is 12.0. The van der Waals surface area contributed by atoms with E-state index in [-0.39, 0.29) is 0 Å². The van der Waals surface area contributed by atoms with E-state index in [0.717, 1.165) is 12.1 Å². The number of likely N-dealkylation sites (N-methyl/N-ethyl adjacent to an activating group) is 1. The molecule has 1 heteroatoms. The maximum absolute atomic E-state index is 4.15. The van der Waals surface area contributed by atoms with Crippen molar-refractivity contribution in [1.29, 1.82) is 0 Å². The fourth-order valence-corrected chi connectivity index (χ4v) is 1.50. The van der Waals surface area contributed by atoms with Gasteiger partial charge in [-0.25, -0.2) is 0 Å². The third kappa shape index (κ3) is 5.46. The second-order valence-electron chi connectivity index (χ2n) is 4.75. The molecule has 0 rings (SSSR count). The molecular weight excluding hydrogens is 182 g/mol. The fourth-order valence-electron chi connectivity index (χ4n) is 1.50. The van der Waals surface area contributed by atoms with Crippen LogP contribution >= 0.6 is 0 Å². The number of rotatable bonds is 6. The van der Waals surface area contributed by atoms with E-state index in [1.807, 2.05) is 7.05 Å². The van der Waals surface area contributed by atoms with E-state index in [1.165, 1.54) is 11.1 Å². The van der Waals surface area contributed by atoms with E-state index in [0.29, 0.717) is 11.8 Å². The number of nitrogens with one attached hydrogen (secondary N) is 1. The summed E-state index contributed by atoms with van der Waals surface area (Å²) in [5, 5.41) is 3.10. The molecule has 0 radical (unpaired) electrons. The first kappa shape index (κ1) is 14.0. The Hall–Kier alpha value is -0.980. The molecule has 0 aromatic rings. The maximum atomic E-state index is 4.15. The predicted octanol–water partition coefficient (Wildman–Crippen LogP) is 3.90. The molecule has 0 saturated carbocycles. The van der Waals surface area contributed by atoms with Crippen molar-refractivity contribution in [2.24, 2.45) is 11.8 Å². The van der Waals surface area contributed by atoms with Crippen LogP contribution in [0.25, 0.3) is 0 Å². The highest BCUT2D eigenvalue weighted by Crippen LogP contribution is 2.23. The normalized spacial score (nSPS) is 12.1. The van der Waals surface area contributed by atoms with Crippen molar-refractivity contribution >= 4 is 0 Å². The SMILES string of the molecule is C=C(CC(C)C)/C(=C/C(C)C)C(=C)NC. The molecule has 86 valence electrons.